The Morgan fingerprint density at radius 2 is 1.84 bits per heavy atom. The third kappa shape index (κ3) is 4.73. The normalized spacial score (nSPS) is 11.2. The SMILES string of the molecule is Cc1cc(C)c2nc(N/N=C\c3ccc(Sc4ncccn4)c([N+](=O)[O-])c3)cc(C)c2c1. The van der Waals surface area contributed by atoms with E-state index in [4.69, 9.17) is 0 Å². The fourth-order valence-electron chi connectivity index (χ4n) is 3.35. The number of hydrazone groups is 1. The van der Waals surface area contributed by atoms with Crippen LogP contribution in [0.4, 0.5) is 11.5 Å². The summed E-state index contributed by atoms with van der Waals surface area (Å²) in [7, 11) is 0. The van der Waals surface area contributed by atoms with Gasteiger partial charge in [-0.3, -0.25) is 15.5 Å². The molecule has 4 aromatic rings. The number of hydrogen-bond acceptors (Lipinski definition) is 8. The molecule has 9 heteroatoms. The molecule has 2 aromatic carbocycles. The first kappa shape index (κ1) is 21.4. The van der Waals surface area contributed by atoms with E-state index < -0.39 is 4.92 Å². The third-order valence-corrected chi connectivity index (χ3v) is 5.73. The van der Waals surface area contributed by atoms with E-state index in [-0.39, 0.29) is 5.69 Å². The summed E-state index contributed by atoms with van der Waals surface area (Å²) >= 11 is 1.14. The molecular weight excluding hydrogens is 424 g/mol. The van der Waals surface area contributed by atoms with Crippen LogP contribution in [-0.4, -0.2) is 26.1 Å². The molecular formula is C23H20N6O2S. The summed E-state index contributed by atoms with van der Waals surface area (Å²) in [5.74, 6) is 0.612. The van der Waals surface area contributed by atoms with Crippen LogP contribution in [0.5, 0.6) is 0 Å². The van der Waals surface area contributed by atoms with Gasteiger partial charge in [0.25, 0.3) is 5.69 Å². The molecule has 0 bridgehead atoms. The summed E-state index contributed by atoms with van der Waals surface area (Å²) < 4.78 is 0. The third-order valence-electron chi connectivity index (χ3n) is 4.77. The Morgan fingerprint density at radius 3 is 2.59 bits per heavy atom. The molecule has 0 fully saturated rings. The number of pyridine rings is 1. The summed E-state index contributed by atoms with van der Waals surface area (Å²) in [6.45, 7) is 6.14. The molecule has 32 heavy (non-hydrogen) atoms. The minimum Gasteiger partial charge on any atom is -0.261 e. The van der Waals surface area contributed by atoms with Crippen LogP contribution in [0.15, 0.2) is 70.0 Å². The van der Waals surface area contributed by atoms with Gasteiger partial charge < -0.3 is 0 Å². The van der Waals surface area contributed by atoms with Crippen molar-refractivity contribution in [1.82, 2.24) is 15.0 Å². The molecule has 0 unspecified atom stereocenters. The van der Waals surface area contributed by atoms with Crippen LogP contribution in [0, 0.1) is 30.9 Å². The monoisotopic (exact) mass is 444 g/mol. The van der Waals surface area contributed by atoms with Gasteiger partial charge in [0.15, 0.2) is 5.16 Å². The van der Waals surface area contributed by atoms with E-state index in [2.05, 4.69) is 44.5 Å². The summed E-state index contributed by atoms with van der Waals surface area (Å²) in [6.07, 6.45) is 4.72. The second-order valence-electron chi connectivity index (χ2n) is 7.29. The molecule has 0 amide bonds. The lowest BCUT2D eigenvalue weighted by Gasteiger charge is -2.09. The van der Waals surface area contributed by atoms with Gasteiger partial charge in [-0.15, -0.1) is 0 Å². The number of fused-ring (bicyclic) bond motifs is 1. The average molecular weight is 445 g/mol. The molecule has 8 nitrogen and oxygen atoms in total. The number of nitro groups is 1. The van der Waals surface area contributed by atoms with E-state index in [9.17, 15) is 10.1 Å². The van der Waals surface area contributed by atoms with E-state index in [0.29, 0.717) is 21.4 Å². The quantitative estimate of drug-likeness (QED) is 0.182. The minimum absolute atomic E-state index is 0.0305. The van der Waals surface area contributed by atoms with Gasteiger partial charge in [0.05, 0.1) is 21.6 Å². The van der Waals surface area contributed by atoms with Crippen molar-refractivity contribution < 1.29 is 4.92 Å². The maximum absolute atomic E-state index is 11.6. The van der Waals surface area contributed by atoms with Gasteiger partial charge in [-0.1, -0.05) is 17.7 Å². The maximum atomic E-state index is 11.6. The Morgan fingerprint density at radius 1 is 1.06 bits per heavy atom. The Balaban J connectivity index is 1.56. The highest BCUT2D eigenvalue weighted by molar-refractivity contribution is 7.99. The lowest BCUT2D eigenvalue weighted by Crippen LogP contribution is -1.98. The first-order chi connectivity index (χ1) is 15.4. The van der Waals surface area contributed by atoms with E-state index in [1.807, 2.05) is 19.9 Å². The number of hydrogen-bond donors (Lipinski definition) is 1. The molecule has 160 valence electrons. The molecule has 0 aliphatic carbocycles. The molecule has 1 N–H and O–H groups in total. The number of aryl methyl sites for hydroxylation is 3. The van der Waals surface area contributed by atoms with E-state index in [1.54, 1.807) is 30.6 Å². The van der Waals surface area contributed by atoms with E-state index in [1.165, 1.54) is 17.8 Å². The molecule has 0 saturated carbocycles. The lowest BCUT2D eigenvalue weighted by atomic mass is 10.0. The average Bonchev–Trinajstić information content (AvgIpc) is 2.76. The van der Waals surface area contributed by atoms with Crippen LogP contribution in [-0.2, 0) is 0 Å². The molecule has 0 saturated heterocycles. The second kappa shape index (κ2) is 9.11. The molecule has 0 spiro atoms. The highest BCUT2D eigenvalue weighted by Crippen LogP contribution is 2.33. The highest BCUT2D eigenvalue weighted by atomic mass is 32.2. The molecule has 2 heterocycles. The van der Waals surface area contributed by atoms with E-state index in [0.717, 1.165) is 33.8 Å². The van der Waals surface area contributed by atoms with Gasteiger partial charge in [0.2, 0.25) is 0 Å². The number of nitrogens with zero attached hydrogens (tertiary/aromatic N) is 5. The number of rotatable bonds is 6. The van der Waals surface area contributed by atoms with Gasteiger partial charge in [-0.25, -0.2) is 15.0 Å². The Hall–Kier alpha value is -3.85. The smallest absolute Gasteiger partial charge is 0.261 e. The number of anilines is 1. The first-order valence-corrected chi connectivity index (χ1v) is 10.6. The van der Waals surface area contributed by atoms with Gasteiger partial charge in [0, 0.05) is 29.4 Å². The van der Waals surface area contributed by atoms with E-state index >= 15 is 0 Å². The van der Waals surface area contributed by atoms with Gasteiger partial charge >= 0.3 is 0 Å². The van der Waals surface area contributed by atoms with Crippen LogP contribution in [0.25, 0.3) is 10.9 Å². The lowest BCUT2D eigenvalue weighted by molar-refractivity contribution is -0.387. The van der Waals surface area contributed by atoms with Crippen molar-refractivity contribution in [2.45, 2.75) is 30.8 Å². The minimum atomic E-state index is -0.422. The topological polar surface area (TPSA) is 106 Å². The van der Waals surface area contributed by atoms with Crippen LogP contribution in [0.3, 0.4) is 0 Å². The predicted molar refractivity (Wildman–Crippen MR) is 126 cm³/mol. The van der Waals surface area contributed by atoms with Crippen molar-refractivity contribution in [3.05, 3.63) is 87.2 Å². The standard InChI is InChI=1S/C23H20N6O2S/c1-14-9-16(3)22-18(10-14)15(2)11-21(27-22)28-26-13-17-5-6-20(19(12-17)29(30)31)32-23-24-7-4-8-25-23/h4-13H,1-3H3,(H,27,28)/b26-13-. The molecule has 0 aliphatic rings. The van der Waals surface area contributed by atoms with Gasteiger partial charge in [-0.05, 0) is 67.9 Å². The summed E-state index contributed by atoms with van der Waals surface area (Å²) in [5, 5.41) is 17.3. The molecule has 0 atom stereocenters. The Kier molecular flexibility index (Phi) is 6.09. The zero-order valence-electron chi connectivity index (χ0n) is 17.7. The first-order valence-electron chi connectivity index (χ1n) is 9.82. The van der Waals surface area contributed by atoms with Gasteiger partial charge in [0.1, 0.15) is 5.82 Å². The zero-order chi connectivity index (χ0) is 22.7. The van der Waals surface area contributed by atoms with Crippen LogP contribution in [0.2, 0.25) is 0 Å². The summed E-state index contributed by atoms with van der Waals surface area (Å²) in [4.78, 5) is 24.5. The molecule has 0 aliphatic heterocycles. The molecule has 4 rings (SSSR count). The van der Waals surface area contributed by atoms with Gasteiger partial charge in [-0.2, -0.15) is 5.10 Å². The largest absolute Gasteiger partial charge is 0.283 e. The fourth-order valence-corrected chi connectivity index (χ4v) is 4.15. The van der Waals surface area contributed by atoms with Crippen molar-refractivity contribution in [2.24, 2.45) is 5.10 Å². The Labute approximate surface area is 189 Å². The van der Waals surface area contributed by atoms with Crippen LogP contribution in [0.1, 0.15) is 22.3 Å². The predicted octanol–water partition coefficient (Wildman–Crippen LogP) is 5.46. The van der Waals surface area contributed by atoms with Crippen molar-refractivity contribution in [3.8, 4) is 0 Å². The summed E-state index contributed by atoms with van der Waals surface area (Å²) in [5.41, 5.74) is 7.81. The molecule has 2 aromatic heterocycles. The number of nitrogens with one attached hydrogen (secondary N) is 1. The van der Waals surface area contributed by atoms with Crippen LogP contribution >= 0.6 is 11.8 Å². The fraction of sp³-hybridized carbons (Fsp3) is 0.130. The Bertz CT molecular complexity index is 1340. The van der Waals surface area contributed by atoms with Crippen molar-refractivity contribution in [1.29, 1.82) is 0 Å². The number of benzene rings is 2. The number of aromatic nitrogens is 3. The number of nitro benzene ring substituents is 1. The maximum Gasteiger partial charge on any atom is 0.283 e. The van der Waals surface area contributed by atoms with Crippen molar-refractivity contribution in [2.75, 3.05) is 5.43 Å². The highest BCUT2D eigenvalue weighted by Gasteiger charge is 2.16. The second-order valence-corrected chi connectivity index (χ2v) is 8.30. The van der Waals surface area contributed by atoms with Crippen molar-refractivity contribution >= 4 is 40.4 Å². The summed E-state index contributed by atoms with van der Waals surface area (Å²) in [6, 6.07) is 12.8. The van der Waals surface area contributed by atoms with Crippen LogP contribution < -0.4 is 5.43 Å². The molecule has 0 radical (unpaired) electrons. The zero-order valence-corrected chi connectivity index (χ0v) is 18.6. The van der Waals surface area contributed by atoms with Crippen molar-refractivity contribution in [3.63, 3.8) is 0 Å².